The monoisotopic (exact) mass is 267 g/mol. The summed E-state index contributed by atoms with van der Waals surface area (Å²) in [4.78, 5) is 0. The van der Waals surface area contributed by atoms with Gasteiger partial charge in [0.25, 0.3) is 0 Å². The first-order valence-electron chi connectivity index (χ1n) is 6.51. The second-order valence-corrected chi connectivity index (χ2v) is 4.53. The molecular weight excluding hydrogens is 246 g/mol. The number of aliphatic hydroxyl groups excluding tert-OH is 1. The lowest BCUT2D eigenvalue weighted by molar-refractivity contribution is 0.0127. The first kappa shape index (κ1) is 14.3. The maximum absolute atomic E-state index is 9.79. The highest BCUT2D eigenvalue weighted by Gasteiger charge is 2.23. The van der Waals surface area contributed by atoms with Crippen LogP contribution >= 0.6 is 0 Å². The molecule has 1 heterocycles. The lowest BCUT2D eigenvalue weighted by Gasteiger charge is -2.16. The Morgan fingerprint density at radius 1 is 1.42 bits per heavy atom. The number of nitrogens with one attached hydrogen (secondary N) is 1. The van der Waals surface area contributed by atoms with Crippen LogP contribution in [-0.4, -0.2) is 51.3 Å². The molecule has 0 saturated heterocycles. The van der Waals surface area contributed by atoms with E-state index >= 15 is 0 Å². The molecule has 1 aliphatic rings. The van der Waals surface area contributed by atoms with Gasteiger partial charge in [0.15, 0.2) is 0 Å². The first-order valence-corrected chi connectivity index (χ1v) is 6.51. The molecule has 1 aromatic carbocycles. The van der Waals surface area contributed by atoms with Gasteiger partial charge in [0.1, 0.15) is 12.4 Å². The minimum Gasteiger partial charge on any atom is -0.491 e. The van der Waals surface area contributed by atoms with E-state index in [-0.39, 0.29) is 6.04 Å². The number of methoxy groups -OCH3 is 1. The zero-order valence-corrected chi connectivity index (χ0v) is 11.2. The summed E-state index contributed by atoms with van der Waals surface area (Å²) in [5.41, 5.74) is 1.15. The normalized spacial score (nSPS) is 18.9. The van der Waals surface area contributed by atoms with Gasteiger partial charge in [-0.05, 0) is 6.07 Å². The Kier molecular flexibility index (Phi) is 5.60. The number of fused-ring (bicyclic) bond motifs is 1. The van der Waals surface area contributed by atoms with Crippen molar-refractivity contribution in [2.75, 3.05) is 40.1 Å². The molecule has 5 heteroatoms. The highest BCUT2D eigenvalue weighted by atomic mass is 16.5. The fourth-order valence-corrected chi connectivity index (χ4v) is 2.03. The second-order valence-electron chi connectivity index (χ2n) is 4.53. The zero-order valence-electron chi connectivity index (χ0n) is 11.2. The summed E-state index contributed by atoms with van der Waals surface area (Å²) >= 11 is 0. The molecular formula is C14H21NO4. The molecule has 2 N–H and O–H groups in total. The van der Waals surface area contributed by atoms with Crippen LogP contribution in [0.2, 0.25) is 0 Å². The molecule has 19 heavy (non-hydrogen) atoms. The van der Waals surface area contributed by atoms with Gasteiger partial charge in [0.2, 0.25) is 0 Å². The summed E-state index contributed by atoms with van der Waals surface area (Å²) < 4.78 is 15.7. The topological polar surface area (TPSA) is 60.0 Å². The number of benzene rings is 1. The van der Waals surface area contributed by atoms with Crippen LogP contribution in [0.15, 0.2) is 24.3 Å². The summed E-state index contributed by atoms with van der Waals surface area (Å²) in [6.07, 6.45) is -0.524. The fraction of sp³-hybridized carbons (Fsp3) is 0.571. The Hall–Kier alpha value is -1.14. The number of ether oxygens (including phenoxy) is 3. The van der Waals surface area contributed by atoms with Gasteiger partial charge >= 0.3 is 0 Å². The van der Waals surface area contributed by atoms with Gasteiger partial charge in [-0.1, -0.05) is 18.2 Å². The minimum absolute atomic E-state index is 0.143. The molecule has 2 rings (SSSR count). The van der Waals surface area contributed by atoms with Crippen molar-refractivity contribution in [3.63, 3.8) is 0 Å². The summed E-state index contributed by atoms with van der Waals surface area (Å²) in [5.74, 6) is 0.922. The van der Waals surface area contributed by atoms with Crippen LogP contribution in [0.1, 0.15) is 11.6 Å². The maximum atomic E-state index is 9.79. The fourth-order valence-electron chi connectivity index (χ4n) is 2.03. The first-order chi connectivity index (χ1) is 9.31. The molecule has 0 saturated carbocycles. The Morgan fingerprint density at radius 2 is 2.26 bits per heavy atom. The van der Waals surface area contributed by atoms with E-state index in [0.29, 0.717) is 33.0 Å². The standard InChI is InChI=1S/C14H21NO4/c1-17-6-7-18-9-11(16)8-15-13-10-19-14-5-3-2-4-12(13)14/h2-5,11,13,15-16H,6-10H2,1H3. The van der Waals surface area contributed by atoms with Crippen molar-refractivity contribution in [3.8, 4) is 5.75 Å². The molecule has 1 aromatic rings. The molecule has 0 aromatic heterocycles. The van der Waals surface area contributed by atoms with Gasteiger partial charge in [0, 0.05) is 19.2 Å². The van der Waals surface area contributed by atoms with Gasteiger partial charge in [-0.15, -0.1) is 0 Å². The van der Waals surface area contributed by atoms with Crippen LogP contribution in [0.5, 0.6) is 5.75 Å². The molecule has 0 bridgehead atoms. The van der Waals surface area contributed by atoms with E-state index in [1.54, 1.807) is 7.11 Å². The Bertz CT molecular complexity index is 385. The van der Waals surface area contributed by atoms with Crippen molar-refractivity contribution in [1.82, 2.24) is 5.32 Å². The third-order valence-corrected chi connectivity index (χ3v) is 3.04. The van der Waals surface area contributed by atoms with E-state index in [1.165, 1.54) is 0 Å². The molecule has 1 aliphatic heterocycles. The number of aliphatic hydroxyl groups is 1. The summed E-state index contributed by atoms with van der Waals surface area (Å²) in [7, 11) is 1.62. The number of hydrogen-bond donors (Lipinski definition) is 2. The van der Waals surface area contributed by atoms with Crippen LogP contribution < -0.4 is 10.1 Å². The largest absolute Gasteiger partial charge is 0.491 e. The zero-order chi connectivity index (χ0) is 13.5. The Morgan fingerprint density at radius 3 is 3.11 bits per heavy atom. The van der Waals surface area contributed by atoms with Gasteiger partial charge in [-0.25, -0.2) is 0 Å². The molecule has 0 fully saturated rings. The van der Waals surface area contributed by atoms with E-state index < -0.39 is 6.10 Å². The summed E-state index contributed by atoms with van der Waals surface area (Å²) in [5, 5.41) is 13.1. The number of rotatable bonds is 8. The highest BCUT2D eigenvalue weighted by Crippen LogP contribution is 2.31. The lowest BCUT2D eigenvalue weighted by Crippen LogP contribution is -2.34. The lowest BCUT2D eigenvalue weighted by atomic mass is 10.1. The smallest absolute Gasteiger partial charge is 0.124 e. The summed E-state index contributed by atoms with van der Waals surface area (Å²) in [6, 6.07) is 8.10. The van der Waals surface area contributed by atoms with E-state index in [2.05, 4.69) is 5.32 Å². The Labute approximate surface area is 113 Å². The van der Waals surface area contributed by atoms with Crippen molar-refractivity contribution in [2.24, 2.45) is 0 Å². The van der Waals surface area contributed by atoms with Crippen molar-refractivity contribution >= 4 is 0 Å². The molecule has 0 aliphatic carbocycles. The summed E-state index contributed by atoms with van der Waals surface area (Å²) in [6.45, 7) is 2.45. The Balaban J connectivity index is 1.69. The molecule has 2 unspecified atom stereocenters. The van der Waals surface area contributed by atoms with Gasteiger partial charge in [-0.2, -0.15) is 0 Å². The average molecular weight is 267 g/mol. The van der Waals surface area contributed by atoms with Crippen LogP contribution in [-0.2, 0) is 9.47 Å². The molecule has 106 valence electrons. The van der Waals surface area contributed by atoms with E-state index in [9.17, 15) is 5.11 Å². The third-order valence-electron chi connectivity index (χ3n) is 3.04. The van der Waals surface area contributed by atoms with Crippen LogP contribution in [0.4, 0.5) is 0 Å². The average Bonchev–Trinajstić information content (AvgIpc) is 2.85. The van der Waals surface area contributed by atoms with Crippen LogP contribution in [0.25, 0.3) is 0 Å². The van der Waals surface area contributed by atoms with Gasteiger partial charge in [-0.3, -0.25) is 0 Å². The second kappa shape index (κ2) is 7.45. The number of para-hydroxylation sites is 1. The van der Waals surface area contributed by atoms with Gasteiger partial charge in [0.05, 0.1) is 32.0 Å². The van der Waals surface area contributed by atoms with Crippen molar-refractivity contribution in [2.45, 2.75) is 12.1 Å². The number of hydrogen-bond acceptors (Lipinski definition) is 5. The SMILES string of the molecule is COCCOCC(O)CNC1COc2ccccc21. The quantitative estimate of drug-likeness (QED) is 0.680. The molecule has 0 amide bonds. The van der Waals surface area contributed by atoms with Crippen molar-refractivity contribution < 1.29 is 19.3 Å². The van der Waals surface area contributed by atoms with Crippen LogP contribution in [0.3, 0.4) is 0 Å². The predicted octanol–water partition coefficient (Wildman–Crippen LogP) is 0.734. The molecule has 0 radical (unpaired) electrons. The molecule has 5 nitrogen and oxygen atoms in total. The molecule has 0 spiro atoms. The highest BCUT2D eigenvalue weighted by molar-refractivity contribution is 5.39. The maximum Gasteiger partial charge on any atom is 0.124 e. The van der Waals surface area contributed by atoms with Gasteiger partial charge < -0.3 is 24.6 Å². The van der Waals surface area contributed by atoms with E-state index in [1.807, 2.05) is 24.3 Å². The predicted molar refractivity (Wildman–Crippen MR) is 71.4 cm³/mol. The van der Waals surface area contributed by atoms with Crippen molar-refractivity contribution in [3.05, 3.63) is 29.8 Å². The minimum atomic E-state index is -0.524. The van der Waals surface area contributed by atoms with E-state index in [4.69, 9.17) is 14.2 Å². The van der Waals surface area contributed by atoms with Crippen molar-refractivity contribution in [1.29, 1.82) is 0 Å². The van der Waals surface area contributed by atoms with Crippen LogP contribution in [0, 0.1) is 0 Å². The molecule has 2 atom stereocenters. The third kappa shape index (κ3) is 4.18. The van der Waals surface area contributed by atoms with E-state index in [0.717, 1.165) is 11.3 Å².